The molecule has 206 valence electrons. The first-order valence-electron chi connectivity index (χ1n) is 12.4. The smallest absolute Gasteiger partial charge is 0.408 e. The highest BCUT2D eigenvalue weighted by Gasteiger charge is 2.37. The van der Waals surface area contributed by atoms with Gasteiger partial charge in [-0.2, -0.15) is 0 Å². The van der Waals surface area contributed by atoms with Gasteiger partial charge in [0.2, 0.25) is 11.8 Å². The summed E-state index contributed by atoms with van der Waals surface area (Å²) in [4.78, 5) is 52.7. The quantitative estimate of drug-likeness (QED) is 0.341. The lowest BCUT2D eigenvalue weighted by Crippen LogP contribution is -2.55. The second kappa shape index (κ2) is 15.0. The van der Waals surface area contributed by atoms with E-state index in [1.165, 1.54) is 4.90 Å². The predicted octanol–water partition coefficient (Wildman–Crippen LogP) is 2.81. The van der Waals surface area contributed by atoms with E-state index in [2.05, 4.69) is 17.2 Å². The van der Waals surface area contributed by atoms with Crippen LogP contribution >= 0.6 is 0 Å². The summed E-state index contributed by atoms with van der Waals surface area (Å²) in [6.07, 6.45) is 0.799. The zero-order chi connectivity index (χ0) is 28.2. The second-order valence-electron chi connectivity index (χ2n) is 9.75. The Morgan fingerprint density at radius 3 is 2.41 bits per heavy atom. The van der Waals surface area contributed by atoms with Crippen molar-refractivity contribution in [1.29, 1.82) is 0 Å². The number of esters is 1. The lowest BCUT2D eigenvalue weighted by Gasteiger charge is -2.35. The van der Waals surface area contributed by atoms with Gasteiger partial charge >= 0.3 is 12.1 Å². The van der Waals surface area contributed by atoms with Gasteiger partial charge in [0.05, 0.1) is 19.6 Å². The van der Waals surface area contributed by atoms with Gasteiger partial charge in [-0.05, 0) is 50.8 Å². The number of rotatable bonds is 13. The number of nitrogens with one attached hydrogen (secondary N) is 2. The largest absolute Gasteiger partial charge is 0.466 e. The molecule has 10 heteroatoms. The van der Waals surface area contributed by atoms with Crippen LogP contribution in [0.1, 0.15) is 65.1 Å². The third-order valence-electron chi connectivity index (χ3n) is 5.18. The van der Waals surface area contributed by atoms with Crippen LogP contribution in [0.5, 0.6) is 0 Å². The molecule has 1 rings (SSSR count). The van der Waals surface area contributed by atoms with Gasteiger partial charge in [0.15, 0.2) is 0 Å². The lowest BCUT2D eigenvalue weighted by atomic mass is 9.97. The van der Waals surface area contributed by atoms with Crippen molar-refractivity contribution < 1.29 is 33.8 Å². The van der Waals surface area contributed by atoms with Gasteiger partial charge in [0.25, 0.3) is 0 Å². The van der Waals surface area contributed by atoms with E-state index in [4.69, 9.17) is 9.47 Å². The van der Waals surface area contributed by atoms with Gasteiger partial charge in [0.1, 0.15) is 17.7 Å². The standard InChI is InChI=1S/C27H41N3O7/c1-8-19-11-10-12-20(17-19)23(24(33)28-14-13-21(32)36-9-2)30(15-16-31)25(34)22(18(3)4)29-26(35)37-27(5,6)7/h8,10-12,17-18,22-23,31H,1,9,13-16H2,2-7H3,(H,28,33)(H,29,35). The van der Waals surface area contributed by atoms with Crippen molar-refractivity contribution in [2.45, 2.75) is 65.6 Å². The molecule has 0 aromatic heterocycles. The maximum Gasteiger partial charge on any atom is 0.408 e. The number of ether oxygens (including phenoxy) is 2. The van der Waals surface area contributed by atoms with Crippen LogP contribution in [0.4, 0.5) is 4.79 Å². The van der Waals surface area contributed by atoms with Crippen LogP contribution in [0.25, 0.3) is 6.08 Å². The maximum absolute atomic E-state index is 13.8. The zero-order valence-electron chi connectivity index (χ0n) is 22.7. The molecule has 3 amide bonds. The van der Waals surface area contributed by atoms with Crippen molar-refractivity contribution in [2.24, 2.45) is 5.92 Å². The number of hydrogen-bond acceptors (Lipinski definition) is 7. The highest BCUT2D eigenvalue weighted by Crippen LogP contribution is 2.25. The van der Waals surface area contributed by atoms with E-state index >= 15 is 0 Å². The Balaban J connectivity index is 3.37. The molecule has 0 bridgehead atoms. The number of hydrogen-bond donors (Lipinski definition) is 3. The summed E-state index contributed by atoms with van der Waals surface area (Å²) < 4.78 is 10.2. The van der Waals surface area contributed by atoms with Crippen molar-refractivity contribution >= 4 is 30.0 Å². The SMILES string of the molecule is C=Cc1cccc(C(C(=O)NCCC(=O)OCC)N(CCO)C(=O)C(NC(=O)OC(C)(C)C)C(C)C)c1. The minimum absolute atomic E-state index is 0.000237. The second-order valence-corrected chi connectivity index (χ2v) is 9.75. The summed E-state index contributed by atoms with van der Waals surface area (Å²) in [5.41, 5.74) is 0.435. The normalized spacial score (nSPS) is 12.8. The molecule has 0 fully saturated rings. The average molecular weight is 520 g/mol. The van der Waals surface area contributed by atoms with Crippen molar-refractivity contribution in [3.05, 3.63) is 42.0 Å². The van der Waals surface area contributed by atoms with E-state index in [1.807, 2.05) is 0 Å². The predicted molar refractivity (Wildman–Crippen MR) is 140 cm³/mol. The fourth-order valence-corrected chi connectivity index (χ4v) is 3.55. The molecular formula is C27H41N3O7. The number of carbonyl (C=O) groups excluding carboxylic acids is 4. The van der Waals surface area contributed by atoms with E-state index < -0.39 is 48.2 Å². The van der Waals surface area contributed by atoms with Crippen LogP contribution in [0.15, 0.2) is 30.8 Å². The summed E-state index contributed by atoms with van der Waals surface area (Å²) in [6, 6.07) is 4.75. The molecule has 0 aliphatic rings. The average Bonchev–Trinajstić information content (AvgIpc) is 2.81. The van der Waals surface area contributed by atoms with Crippen LogP contribution in [0.2, 0.25) is 0 Å². The number of nitrogens with zero attached hydrogens (tertiary/aromatic N) is 1. The molecule has 37 heavy (non-hydrogen) atoms. The van der Waals surface area contributed by atoms with Gasteiger partial charge in [-0.1, -0.05) is 44.7 Å². The van der Waals surface area contributed by atoms with Gasteiger partial charge in [0, 0.05) is 13.1 Å². The third kappa shape index (κ3) is 10.6. The molecule has 1 aromatic rings. The van der Waals surface area contributed by atoms with Gasteiger partial charge in [-0.15, -0.1) is 0 Å². The molecule has 0 spiro atoms. The third-order valence-corrected chi connectivity index (χ3v) is 5.18. The Morgan fingerprint density at radius 2 is 1.86 bits per heavy atom. The number of alkyl carbamates (subject to hydrolysis) is 1. The van der Waals surface area contributed by atoms with Crippen LogP contribution in [-0.2, 0) is 23.9 Å². The first-order chi connectivity index (χ1) is 17.3. The Hall–Kier alpha value is -3.40. The van der Waals surface area contributed by atoms with E-state index in [9.17, 15) is 24.3 Å². The number of benzene rings is 1. The summed E-state index contributed by atoms with van der Waals surface area (Å²) in [5.74, 6) is -1.93. The van der Waals surface area contributed by atoms with Crippen LogP contribution in [0.3, 0.4) is 0 Å². The molecule has 2 unspecified atom stereocenters. The molecule has 1 aromatic carbocycles. The molecule has 0 aliphatic heterocycles. The van der Waals surface area contributed by atoms with E-state index in [1.54, 1.807) is 71.9 Å². The first-order valence-corrected chi connectivity index (χ1v) is 12.4. The molecule has 0 saturated carbocycles. The minimum atomic E-state index is -1.15. The Morgan fingerprint density at radius 1 is 1.19 bits per heavy atom. The number of amides is 3. The number of aliphatic hydroxyl groups excluding tert-OH is 1. The zero-order valence-corrected chi connectivity index (χ0v) is 22.7. The minimum Gasteiger partial charge on any atom is -0.466 e. The van der Waals surface area contributed by atoms with Crippen LogP contribution in [-0.4, -0.2) is 71.8 Å². The van der Waals surface area contributed by atoms with E-state index in [-0.39, 0.29) is 32.0 Å². The van der Waals surface area contributed by atoms with E-state index in [0.717, 1.165) is 5.56 Å². The van der Waals surface area contributed by atoms with Gasteiger partial charge in [-0.3, -0.25) is 14.4 Å². The molecular weight excluding hydrogens is 478 g/mol. The molecule has 10 nitrogen and oxygen atoms in total. The summed E-state index contributed by atoms with van der Waals surface area (Å²) in [6.45, 7) is 13.7. The van der Waals surface area contributed by atoms with Gasteiger partial charge < -0.3 is 30.1 Å². The van der Waals surface area contributed by atoms with Crippen LogP contribution < -0.4 is 10.6 Å². The Labute approximate surface area is 219 Å². The fourth-order valence-electron chi connectivity index (χ4n) is 3.55. The molecule has 0 saturated heterocycles. The molecule has 3 N–H and O–H groups in total. The first kappa shape index (κ1) is 31.6. The Kier molecular flexibility index (Phi) is 12.8. The molecule has 0 radical (unpaired) electrons. The van der Waals surface area contributed by atoms with E-state index in [0.29, 0.717) is 5.56 Å². The number of carbonyl (C=O) groups is 4. The highest BCUT2D eigenvalue weighted by molar-refractivity contribution is 5.92. The van der Waals surface area contributed by atoms with Crippen LogP contribution in [0, 0.1) is 5.92 Å². The highest BCUT2D eigenvalue weighted by atomic mass is 16.6. The van der Waals surface area contributed by atoms with Gasteiger partial charge in [-0.25, -0.2) is 4.79 Å². The monoisotopic (exact) mass is 519 g/mol. The molecule has 2 atom stereocenters. The summed E-state index contributed by atoms with van der Waals surface area (Å²) >= 11 is 0. The number of aliphatic hydroxyl groups is 1. The lowest BCUT2D eigenvalue weighted by molar-refractivity contribution is -0.145. The Bertz CT molecular complexity index is 940. The van der Waals surface area contributed by atoms with Crippen molar-refractivity contribution in [1.82, 2.24) is 15.5 Å². The molecule has 0 aliphatic carbocycles. The van der Waals surface area contributed by atoms with Crippen molar-refractivity contribution in [3.63, 3.8) is 0 Å². The fraction of sp³-hybridized carbons (Fsp3) is 0.556. The summed E-state index contributed by atoms with van der Waals surface area (Å²) in [5, 5.41) is 15.1. The topological polar surface area (TPSA) is 134 Å². The summed E-state index contributed by atoms with van der Waals surface area (Å²) in [7, 11) is 0. The maximum atomic E-state index is 13.8. The van der Waals surface area contributed by atoms with Crippen molar-refractivity contribution in [2.75, 3.05) is 26.3 Å². The van der Waals surface area contributed by atoms with Crippen molar-refractivity contribution in [3.8, 4) is 0 Å². The molecule has 0 heterocycles.